The van der Waals surface area contributed by atoms with Crippen molar-refractivity contribution < 1.29 is 13.2 Å². The molecule has 5 nitrogen and oxygen atoms in total. The Morgan fingerprint density at radius 1 is 1.29 bits per heavy atom. The van der Waals surface area contributed by atoms with Crippen LogP contribution in [0.2, 0.25) is 0 Å². The third-order valence-electron chi connectivity index (χ3n) is 3.99. The van der Waals surface area contributed by atoms with E-state index < -0.39 is 10.0 Å². The van der Waals surface area contributed by atoms with E-state index in [1.165, 1.54) is 0 Å². The van der Waals surface area contributed by atoms with Crippen LogP contribution < -0.4 is 10.1 Å². The summed E-state index contributed by atoms with van der Waals surface area (Å²) < 4.78 is 33.2. The van der Waals surface area contributed by atoms with Crippen molar-refractivity contribution in [1.29, 1.82) is 0 Å². The van der Waals surface area contributed by atoms with Crippen molar-refractivity contribution in [2.45, 2.75) is 43.2 Å². The van der Waals surface area contributed by atoms with Gasteiger partial charge in [-0.2, -0.15) is 4.31 Å². The summed E-state index contributed by atoms with van der Waals surface area (Å²) in [5.74, 6) is 0.610. The molecule has 0 radical (unpaired) electrons. The van der Waals surface area contributed by atoms with Gasteiger partial charge in [0.15, 0.2) is 0 Å². The molecule has 1 saturated carbocycles. The molecule has 0 aromatic heterocycles. The topological polar surface area (TPSA) is 58.6 Å². The number of sulfonamides is 1. The van der Waals surface area contributed by atoms with Crippen LogP contribution >= 0.6 is 0 Å². The molecule has 0 spiro atoms. The van der Waals surface area contributed by atoms with E-state index in [2.05, 4.69) is 5.32 Å². The van der Waals surface area contributed by atoms with Crippen LogP contribution in [0.15, 0.2) is 29.2 Å². The Hall–Kier alpha value is -1.11. The minimum atomic E-state index is -3.45. The van der Waals surface area contributed by atoms with Crippen molar-refractivity contribution in [2.75, 3.05) is 19.7 Å². The van der Waals surface area contributed by atoms with E-state index in [0.717, 1.165) is 32.4 Å². The molecular formula is C15H22N2O3S. The molecule has 1 saturated heterocycles. The van der Waals surface area contributed by atoms with Crippen LogP contribution in [0.4, 0.5) is 0 Å². The Kier molecular flexibility index (Phi) is 4.19. The number of nitrogens with zero attached hydrogens (tertiary/aromatic N) is 1. The van der Waals surface area contributed by atoms with Crippen molar-refractivity contribution >= 4 is 10.0 Å². The number of nitrogens with one attached hydrogen (secondary N) is 1. The van der Waals surface area contributed by atoms with Crippen molar-refractivity contribution in [1.82, 2.24) is 9.62 Å². The van der Waals surface area contributed by atoms with E-state index in [0.29, 0.717) is 17.3 Å². The van der Waals surface area contributed by atoms with E-state index in [-0.39, 0.29) is 12.1 Å². The van der Waals surface area contributed by atoms with Gasteiger partial charge in [-0.1, -0.05) is 6.07 Å². The summed E-state index contributed by atoms with van der Waals surface area (Å²) in [7, 11) is -3.45. The summed E-state index contributed by atoms with van der Waals surface area (Å²) in [5.41, 5.74) is 0. The van der Waals surface area contributed by atoms with Gasteiger partial charge in [0, 0.05) is 24.7 Å². The van der Waals surface area contributed by atoms with Gasteiger partial charge in [0.2, 0.25) is 10.0 Å². The Balaban J connectivity index is 1.91. The average molecular weight is 310 g/mol. The highest BCUT2D eigenvalue weighted by Crippen LogP contribution is 2.35. The van der Waals surface area contributed by atoms with Gasteiger partial charge in [-0.05, 0) is 44.9 Å². The minimum absolute atomic E-state index is 0.0817. The third-order valence-corrected chi connectivity index (χ3v) is 5.99. The Morgan fingerprint density at radius 3 is 2.71 bits per heavy atom. The lowest BCUT2D eigenvalue weighted by Crippen LogP contribution is -2.43. The molecule has 2 aliphatic rings. The molecule has 1 unspecified atom stereocenters. The fraction of sp³-hybridized carbons (Fsp3) is 0.600. The van der Waals surface area contributed by atoms with E-state index in [1.807, 2.05) is 6.92 Å². The number of hydrogen-bond acceptors (Lipinski definition) is 4. The molecule has 2 fully saturated rings. The third kappa shape index (κ3) is 3.07. The van der Waals surface area contributed by atoms with Gasteiger partial charge >= 0.3 is 0 Å². The lowest BCUT2D eigenvalue weighted by molar-refractivity contribution is 0.325. The molecule has 1 heterocycles. The summed E-state index contributed by atoms with van der Waals surface area (Å²) in [6.07, 6.45) is 2.84. The largest absolute Gasteiger partial charge is 0.494 e. The molecule has 1 aromatic carbocycles. The monoisotopic (exact) mass is 310 g/mol. The predicted molar refractivity (Wildman–Crippen MR) is 80.9 cm³/mol. The van der Waals surface area contributed by atoms with Gasteiger partial charge in [-0.25, -0.2) is 8.42 Å². The van der Waals surface area contributed by atoms with Gasteiger partial charge < -0.3 is 10.1 Å². The molecule has 0 amide bonds. The van der Waals surface area contributed by atoms with Gasteiger partial charge in [-0.15, -0.1) is 0 Å². The number of benzene rings is 1. The smallest absolute Gasteiger partial charge is 0.243 e. The quantitative estimate of drug-likeness (QED) is 0.867. The fourth-order valence-electron chi connectivity index (χ4n) is 2.89. The molecule has 116 valence electrons. The standard InChI is InChI=1S/C15H22N2O3S/c1-2-20-14-4-3-5-15(10-14)21(18,19)17(12-6-7-12)13-8-9-16-11-13/h3-5,10,12-13,16H,2,6-9,11H2,1H3. The van der Waals surface area contributed by atoms with Gasteiger partial charge in [0.05, 0.1) is 11.5 Å². The normalized spacial score (nSPS) is 22.7. The second kappa shape index (κ2) is 5.94. The summed E-state index contributed by atoms with van der Waals surface area (Å²) in [4.78, 5) is 0.340. The van der Waals surface area contributed by atoms with Crippen LogP contribution in [0.3, 0.4) is 0 Å². The fourth-order valence-corrected chi connectivity index (χ4v) is 4.82. The molecule has 1 aliphatic carbocycles. The molecule has 1 aromatic rings. The number of hydrogen-bond donors (Lipinski definition) is 1. The highest BCUT2D eigenvalue weighted by Gasteiger charge is 2.43. The van der Waals surface area contributed by atoms with Crippen LogP contribution in [0, 0.1) is 0 Å². The Bertz CT molecular complexity index is 593. The lowest BCUT2D eigenvalue weighted by Gasteiger charge is -2.27. The zero-order valence-electron chi connectivity index (χ0n) is 12.3. The Morgan fingerprint density at radius 2 is 2.10 bits per heavy atom. The van der Waals surface area contributed by atoms with Gasteiger partial charge in [0.25, 0.3) is 0 Å². The summed E-state index contributed by atoms with van der Waals surface area (Å²) in [5, 5.41) is 3.26. The second-order valence-corrected chi connectivity index (χ2v) is 7.46. The van der Waals surface area contributed by atoms with Gasteiger partial charge in [0.1, 0.15) is 5.75 Å². The van der Waals surface area contributed by atoms with Crippen LogP contribution in [-0.4, -0.2) is 44.5 Å². The molecule has 0 bridgehead atoms. The molecule has 21 heavy (non-hydrogen) atoms. The maximum atomic E-state index is 13.0. The van der Waals surface area contributed by atoms with Crippen molar-refractivity contribution in [2.24, 2.45) is 0 Å². The zero-order chi connectivity index (χ0) is 14.9. The van der Waals surface area contributed by atoms with Crippen molar-refractivity contribution in [3.8, 4) is 5.75 Å². The van der Waals surface area contributed by atoms with Crippen molar-refractivity contribution in [3.05, 3.63) is 24.3 Å². The first kappa shape index (κ1) is 14.8. The highest BCUT2D eigenvalue weighted by atomic mass is 32.2. The molecule has 3 rings (SSSR count). The highest BCUT2D eigenvalue weighted by molar-refractivity contribution is 7.89. The molecule has 1 aliphatic heterocycles. The van der Waals surface area contributed by atoms with E-state index in [9.17, 15) is 8.42 Å². The lowest BCUT2D eigenvalue weighted by atomic mass is 10.2. The molecule has 1 N–H and O–H groups in total. The van der Waals surface area contributed by atoms with Crippen LogP contribution in [0.25, 0.3) is 0 Å². The van der Waals surface area contributed by atoms with Crippen molar-refractivity contribution in [3.63, 3.8) is 0 Å². The number of ether oxygens (including phenoxy) is 1. The zero-order valence-corrected chi connectivity index (χ0v) is 13.1. The summed E-state index contributed by atoms with van der Waals surface area (Å²) >= 11 is 0. The molecule has 1 atom stereocenters. The van der Waals surface area contributed by atoms with E-state index in [4.69, 9.17) is 4.74 Å². The first-order valence-corrected chi connectivity index (χ1v) is 9.04. The maximum Gasteiger partial charge on any atom is 0.243 e. The number of rotatable bonds is 6. The first-order valence-electron chi connectivity index (χ1n) is 7.60. The second-order valence-electron chi connectivity index (χ2n) is 5.62. The summed E-state index contributed by atoms with van der Waals surface area (Å²) in [6, 6.07) is 7.09. The van der Waals surface area contributed by atoms with E-state index in [1.54, 1.807) is 28.6 Å². The predicted octanol–water partition coefficient (Wildman–Crippen LogP) is 1.60. The molecule has 6 heteroatoms. The first-order chi connectivity index (χ1) is 10.1. The van der Waals surface area contributed by atoms with E-state index >= 15 is 0 Å². The van der Waals surface area contributed by atoms with Gasteiger partial charge in [-0.3, -0.25) is 0 Å². The minimum Gasteiger partial charge on any atom is -0.494 e. The Labute approximate surface area is 126 Å². The van der Waals surface area contributed by atoms with Crippen LogP contribution in [0.1, 0.15) is 26.2 Å². The average Bonchev–Trinajstić information content (AvgIpc) is 3.14. The molecular weight excluding hydrogens is 288 g/mol. The maximum absolute atomic E-state index is 13.0. The SMILES string of the molecule is CCOc1cccc(S(=O)(=O)N(C2CC2)C2CCNC2)c1. The van der Waals surface area contributed by atoms with Crippen LogP contribution in [0.5, 0.6) is 5.75 Å². The summed E-state index contributed by atoms with van der Waals surface area (Å²) in [6.45, 7) is 4.06. The van der Waals surface area contributed by atoms with Crippen LogP contribution in [-0.2, 0) is 10.0 Å².